The summed E-state index contributed by atoms with van der Waals surface area (Å²) in [6.07, 6.45) is 0. The quantitative estimate of drug-likeness (QED) is 0.301. The standard InChI is InChI=1S/C32H32N2/c1-31(2,3)33-29(23-17-25-13-9-7-10-14-25)27-19-21-28(22-20-27)30(34-32(4,5)6)24-18-26-15-11-8-12-16-26/h7-16,19-22H,1-6H3. The van der Waals surface area contributed by atoms with Crippen molar-refractivity contribution in [3.63, 3.8) is 0 Å². The molecular formula is C32H32N2. The summed E-state index contributed by atoms with van der Waals surface area (Å²) >= 11 is 0. The second-order valence-electron chi connectivity index (χ2n) is 10.1. The van der Waals surface area contributed by atoms with Crippen molar-refractivity contribution in [1.29, 1.82) is 0 Å². The van der Waals surface area contributed by atoms with E-state index in [9.17, 15) is 0 Å². The zero-order chi connectivity index (χ0) is 24.6. The Morgan fingerprint density at radius 1 is 0.500 bits per heavy atom. The lowest BCUT2D eigenvalue weighted by Gasteiger charge is -2.15. The zero-order valence-electron chi connectivity index (χ0n) is 21.0. The highest BCUT2D eigenvalue weighted by atomic mass is 14.8. The second kappa shape index (κ2) is 10.8. The molecule has 0 fully saturated rings. The van der Waals surface area contributed by atoms with Gasteiger partial charge >= 0.3 is 0 Å². The largest absolute Gasteiger partial charge is 0.270 e. The third-order valence-corrected chi connectivity index (χ3v) is 4.52. The van der Waals surface area contributed by atoms with Gasteiger partial charge in [0.05, 0.1) is 11.1 Å². The van der Waals surface area contributed by atoms with Crippen LogP contribution in [0, 0.1) is 23.7 Å². The van der Waals surface area contributed by atoms with Gasteiger partial charge < -0.3 is 0 Å². The molecule has 0 spiro atoms. The van der Waals surface area contributed by atoms with E-state index in [0.29, 0.717) is 0 Å². The van der Waals surface area contributed by atoms with E-state index < -0.39 is 0 Å². The van der Waals surface area contributed by atoms with Gasteiger partial charge in [0.15, 0.2) is 0 Å². The van der Waals surface area contributed by atoms with Gasteiger partial charge in [0.25, 0.3) is 0 Å². The number of aliphatic imine (C=N–C) groups is 2. The van der Waals surface area contributed by atoms with Crippen LogP contribution in [0.15, 0.2) is 94.9 Å². The molecular weight excluding hydrogens is 412 g/mol. The van der Waals surface area contributed by atoms with Gasteiger partial charge in [0.1, 0.15) is 11.4 Å². The Labute approximate surface area is 204 Å². The average molecular weight is 445 g/mol. The van der Waals surface area contributed by atoms with Crippen molar-refractivity contribution in [2.24, 2.45) is 9.98 Å². The molecule has 0 heterocycles. The molecule has 0 radical (unpaired) electrons. The number of nitrogens with zero attached hydrogens (tertiary/aromatic N) is 2. The molecule has 0 N–H and O–H groups in total. The maximum atomic E-state index is 4.89. The molecule has 2 heteroatoms. The van der Waals surface area contributed by atoms with Crippen molar-refractivity contribution in [2.45, 2.75) is 52.6 Å². The van der Waals surface area contributed by atoms with E-state index in [0.717, 1.165) is 33.7 Å². The minimum atomic E-state index is -0.237. The van der Waals surface area contributed by atoms with E-state index in [1.54, 1.807) is 0 Å². The summed E-state index contributed by atoms with van der Waals surface area (Å²) in [6.45, 7) is 12.5. The van der Waals surface area contributed by atoms with E-state index in [-0.39, 0.29) is 11.1 Å². The Kier molecular flexibility index (Phi) is 7.88. The van der Waals surface area contributed by atoms with Crippen molar-refractivity contribution < 1.29 is 0 Å². The number of rotatable bonds is 2. The second-order valence-corrected chi connectivity index (χ2v) is 10.1. The molecule has 3 aromatic rings. The van der Waals surface area contributed by atoms with Crippen LogP contribution in [0.1, 0.15) is 63.8 Å². The highest BCUT2D eigenvalue weighted by molar-refractivity contribution is 6.16. The summed E-state index contributed by atoms with van der Waals surface area (Å²) in [7, 11) is 0. The van der Waals surface area contributed by atoms with Crippen LogP contribution in [0.3, 0.4) is 0 Å². The first-order valence-electron chi connectivity index (χ1n) is 11.5. The Balaban J connectivity index is 1.99. The Bertz CT molecular complexity index is 1170. The molecule has 0 aliphatic carbocycles. The predicted molar refractivity (Wildman–Crippen MR) is 146 cm³/mol. The summed E-state index contributed by atoms with van der Waals surface area (Å²) in [4.78, 5) is 9.78. The Hall–Kier alpha value is -3.88. The fraction of sp³-hybridized carbons (Fsp3) is 0.250. The van der Waals surface area contributed by atoms with Gasteiger partial charge in [-0.15, -0.1) is 0 Å². The molecule has 0 aliphatic rings. The zero-order valence-corrected chi connectivity index (χ0v) is 21.0. The molecule has 0 bridgehead atoms. The van der Waals surface area contributed by atoms with Crippen LogP contribution in [0.4, 0.5) is 0 Å². The fourth-order valence-electron chi connectivity index (χ4n) is 3.09. The first-order chi connectivity index (χ1) is 16.1. The molecule has 0 unspecified atom stereocenters. The summed E-state index contributed by atoms with van der Waals surface area (Å²) < 4.78 is 0. The molecule has 34 heavy (non-hydrogen) atoms. The van der Waals surface area contributed by atoms with Gasteiger partial charge in [-0.25, -0.2) is 0 Å². The molecule has 0 atom stereocenters. The molecule has 3 aromatic carbocycles. The van der Waals surface area contributed by atoms with Gasteiger partial charge in [-0.2, -0.15) is 0 Å². The average Bonchev–Trinajstić information content (AvgIpc) is 2.79. The van der Waals surface area contributed by atoms with E-state index in [2.05, 4.69) is 89.5 Å². The van der Waals surface area contributed by atoms with Crippen LogP contribution in [0.2, 0.25) is 0 Å². The first kappa shape index (κ1) is 24.8. The third kappa shape index (κ3) is 8.23. The SMILES string of the molecule is CC(C)(C)N=C(C#Cc1ccccc1)c1ccc(C(C#Cc2ccccc2)=NC(C)(C)C)cc1. The van der Waals surface area contributed by atoms with Crippen LogP contribution >= 0.6 is 0 Å². The van der Waals surface area contributed by atoms with Gasteiger partial charge in [-0.3, -0.25) is 9.98 Å². The Morgan fingerprint density at radius 3 is 1.12 bits per heavy atom. The molecule has 0 saturated carbocycles. The van der Waals surface area contributed by atoms with Gasteiger partial charge in [-0.05, 0) is 77.6 Å². The van der Waals surface area contributed by atoms with E-state index in [1.807, 2.05) is 60.7 Å². The molecule has 0 saturated heterocycles. The summed E-state index contributed by atoms with van der Waals surface area (Å²) in [5.41, 5.74) is 4.97. The molecule has 170 valence electrons. The predicted octanol–water partition coefficient (Wildman–Crippen LogP) is 6.97. The molecule has 0 aromatic heterocycles. The normalized spacial score (nSPS) is 12.3. The van der Waals surface area contributed by atoms with Crippen LogP contribution in [-0.4, -0.2) is 22.5 Å². The van der Waals surface area contributed by atoms with Crippen LogP contribution < -0.4 is 0 Å². The lowest BCUT2D eigenvalue weighted by molar-refractivity contribution is 0.584. The van der Waals surface area contributed by atoms with Crippen molar-refractivity contribution in [3.8, 4) is 23.7 Å². The summed E-state index contributed by atoms with van der Waals surface area (Å²) in [6, 6.07) is 28.2. The molecule has 0 aliphatic heterocycles. The lowest BCUT2D eigenvalue weighted by atomic mass is 10.0. The monoisotopic (exact) mass is 444 g/mol. The minimum Gasteiger partial charge on any atom is -0.270 e. The van der Waals surface area contributed by atoms with Crippen LogP contribution in [0.5, 0.6) is 0 Å². The summed E-state index contributed by atoms with van der Waals surface area (Å²) in [5, 5.41) is 0. The van der Waals surface area contributed by atoms with Crippen molar-refractivity contribution in [1.82, 2.24) is 0 Å². The minimum absolute atomic E-state index is 0.237. The number of hydrogen-bond acceptors (Lipinski definition) is 2. The van der Waals surface area contributed by atoms with Gasteiger partial charge in [0.2, 0.25) is 0 Å². The first-order valence-corrected chi connectivity index (χ1v) is 11.5. The maximum Gasteiger partial charge on any atom is 0.115 e. The van der Waals surface area contributed by atoms with Crippen molar-refractivity contribution in [3.05, 3.63) is 107 Å². The molecule has 2 nitrogen and oxygen atoms in total. The Morgan fingerprint density at radius 2 is 0.824 bits per heavy atom. The third-order valence-electron chi connectivity index (χ3n) is 4.52. The highest BCUT2D eigenvalue weighted by Gasteiger charge is 2.13. The topological polar surface area (TPSA) is 24.7 Å². The van der Waals surface area contributed by atoms with Crippen LogP contribution in [-0.2, 0) is 0 Å². The molecule has 3 rings (SSSR count). The molecule has 0 amide bonds. The smallest absolute Gasteiger partial charge is 0.115 e. The van der Waals surface area contributed by atoms with E-state index in [1.165, 1.54) is 0 Å². The number of hydrogen-bond donors (Lipinski definition) is 0. The highest BCUT2D eigenvalue weighted by Crippen LogP contribution is 2.15. The van der Waals surface area contributed by atoms with Crippen LogP contribution in [0.25, 0.3) is 0 Å². The number of benzene rings is 3. The summed E-state index contributed by atoms with van der Waals surface area (Å²) in [5.74, 6) is 13.1. The van der Waals surface area contributed by atoms with Gasteiger partial charge in [-0.1, -0.05) is 72.5 Å². The van der Waals surface area contributed by atoms with Crippen molar-refractivity contribution in [2.75, 3.05) is 0 Å². The van der Waals surface area contributed by atoms with Crippen molar-refractivity contribution >= 4 is 11.4 Å². The van der Waals surface area contributed by atoms with Gasteiger partial charge in [0, 0.05) is 22.3 Å². The van der Waals surface area contributed by atoms with E-state index >= 15 is 0 Å². The lowest BCUT2D eigenvalue weighted by Crippen LogP contribution is -2.15. The fourth-order valence-corrected chi connectivity index (χ4v) is 3.09. The van der Waals surface area contributed by atoms with E-state index in [4.69, 9.17) is 9.98 Å². The maximum absolute atomic E-state index is 4.89.